The van der Waals surface area contributed by atoms with Crippen LogP contribution in [-0.4, -0.2) is 14.9 Å². The third kappa shape index (κ3) is 2.86. The molecule has 1 aromatic heterocycles. The highest BCUT2D eigenvalue weighted by Gasteiger charge is 2.21. The summed E-state index contributed by atoms with van der Waals surface area (Å²) in [5.41, 5.74) is 0.244. The maximum Gasteiger partial charge on any atom is 0.348 e. The van der Waals surface area contributed by atoms with Gasteiger partial charge in [0.2, 0.25) is 11.0 Å². The number of nitro groups is 1. The quantitative estimate of drug-likeness (QED) is 0.523. The molecular weight excluding hydrogens is 296 g/mol. The summed E-state index contributed by atoms with van der Waals surface area (Å²) in [5, 5.41) is 31.1. The molecule has 0 aliphatic rings. The smallest absolute Gasteiger partial charge is 0.334 e. The first-order valence-electron chi connectivity index (χ1n) is 5.43. The van der Waals surface area contributed by atoms with Gasteiger partial charge in [0, 0.05) is 5.69 Å². The Balaban J connectivity index is 2.45. The lowest BCUT2D eigenvalue weighted by molar-refractivity contribution is -0.384. The molecule has 0 saturated heterocycles. The van der Waals surface area contributed by atoms with E-state index >= 15 is 0 Å². The van der Waals surface area contributed by atoms with Crippen molar-refractivity contribution in [3.8, 4) is 12.1 Å². The summed E-state index contributed by atoms with van der Waals surface area (Å²) in [6.07, 6.45) is 1.08. The van der Waals surface area contributed by atoms with Crippen molar-refractivity contribution in [1.29, 1.82) is 10.5 Å². The summed E-state index contributed by atoms with van der Waals surface area (Å²) in [6, 6.07) is 8.05. The van der Waals surface area contributed by atoms with Crippen LogP contribution in [0.15, 0.2) is 24.5 Å². The topological polar surface area (TPSA) is 129 Å². The van der Waals surface area contributed by atoms with Gasteiger partial charge >= 0.3 is 5.69 Å². The van der Waals surface area contributed by atoms with Crippen molar-refractivity contribution >= 4 is 28.8 Å². The van der Waals surface area contributed by atoms with Gasteiger partial charge in [-0.3, -0.25) is 10.1 Å². The monoisotopic (exact) mass is 300 g/mol. The van der Waals surface area contributed by atoms with Crippen LogP contribution < -0.4 is 5.32 Å². The van der Waals surface area contributed by atoms with Gasteiger partial charge in [-0.1, -0.05) is 11.6 Å². The minimum Gasteiger partial charge on any atom is -0.334 e. The van der Waals surface area contributed by atoms with Gasteiger partial charge in [-0.15, -0.1) is 0 Å². The maximum absolute atomic E-state index is 11.0. The fourth-order valence-corrected chi connectivity index (χ4v) is 1.76. The highest BCUT2D eigenvalue weighted by atomic mass is 35.5. The zero-order valence-electron chi connectivity index (χ0n) is 10.2. The molecule has 2 aromatic rings. The van der Waals surface area contributed by atoms with Gasteiger partial charge in [0.25, 0.3) is 0 Å². The van der Waals surface area contributed by atoms with Crippen LogP contribution >= 0.6 is 11.6 Å². The van der Waals surface area contributed by atoms with E-state index in [0.29, 0.717) is 5.69 Å². The average Bonchev–Trinajstić information content (AvgIpc) is 2.46. The Morgan fingerprint density at radius 1 is 1.24 bits per heavy atom. The van der Waals surface area contributed by atoms with E-state index < -0.39 is 10.6 Å². The summed E-state index contributed by atoms with van der Waals surface area (Å²) in [4.78, 5) is 17.6. The van der Waals surface area contributed by atoms with E-state index in [4.69, 9.17) is 22.1 Å². The highest BCUT2D eigenvalue weighted by molar-refractivity contribution is 6.31. The number of anilines is 2. The van der Waals surface area contributed by atoms with E-state index in [0.717, 1.165) is 6.33 Å². The average molecular weight is 301 g/mol. The predicted molar refractivity (Wildman–Crippen MR) is 72.9 cm³/mol. The van der Waals surface area contributed by atoms with Crippen molar-refractivity contribution in [2.45, 2.75) is 0 Å². The molecule has 0 spiro atoms. The van der Waals surface area contributed by atoms with Crippen molar-refractivity contribution < 1.29 is 4.92 Å². The lowest BCUT2D eigenvalue weighted by Crippen LogP contribution is -2.02. The van der Waals surface area contributed by atoms with Gasteiger partial charge in [-0.25, -0.2) is 9.97 Å². The number of halogens is 1. The van der Waals surface area contributed by atoms with E-state index in [1.165, 1.54) is 18.2 Å². The van der Waals surface area contributed by atoms with Crippen LogP contribution in [0.3, 0.4) is 0 Å². The van der Waals surface area contributed by atoms with E-state index in [1.807, 2.05) is 12.1 Å². The molecule has 0 fully saturated rings. The Hall–Kier alpha value is -3.23. The summed E-state index contributed by atoms with van der Waals surface area (Å²) < 4.78 is 0. The second-order valence-corrected chi connectivity index (χ2v) is 4.09. The zero-order chi connectivity index (χ0) is 15.4. The molecule has 0 amide bonds. The van der Waals surface area contributed by atoms with Gasteiger partial charge in [-0.05, 0) is 18.2 Å². The predicted octanol–water partition coefficient (Wildman–Crippen LogP) is 2.53. The first-order chi connectivity index (χ1) is 10.1. The summed E-state index contributed by atoms with van der Waals surface area (Å²) >= 11 is 5.67. The number of benzene rings is 1. The normalized spacial score (nSPS) is 9.48. The molecule has 21 heavy (non-hydrogen) atoms. The number of nitriles is 2. The lowest BCUT2D eigenvalue weighted by atomic mass is 10.1. The minimum atomic E-state index is -0.709. The third-order valence-corrected chi connectivity index (χ3v) is 2.76. The molecule has 0 atom stereocenters. The molecule has 1 N–H and O–H groups in total. The highest BCUT2D eigenvalue weighted by Crippen LogP contribution is 2.30. The van der Waals surface area contributed by atoms with Crippen molar-refractivity contribution in [3.05, 3.63) is 50.9 Å². The van der Waals surface area contributed by atoms with Crippen LogP contribution in [0, 0.1) is 32.8 Å². The van der Waals surface area contributed by atoms with Crippen LogP contribution in [0.2, 0.25) is 5.15 Å². The third-order valence-electron chi connectivity index (χ3n) is 2.48. The number of nitrogens with zero attached hydrogens (tertiary/aromatic N) is 5. The van der Waals surface area contributed by atoms with Gasteiger partial charge in [0.05, 0.1) is 16.1 Å². The second-order valence-electron chi connectivity index (χ2n) is 3.73. The number of hydrogen-bond acceptors (Lipinski definition) is 7. The van der Waals surface area contributed by atoms with Gasteiger partial charge < -0.3 is 5.32 Å². The zero-order valence-corrected chi connectivity index (χ0v) is 11.0. The van der Waals surface area contributed by atoms with Gasteiger partial charge in [-0.2, -0.15) is 10.5 Å². The van der Waals surface area contributed by atoms with Crippen molar-refractivity contribution in [3.63, 3.8) is 0 Å². The maximum atomic E-state index is 11.0. The van der Waals surface area contributed by atoms with E-state index in [2.05, 4.69) is 15.3 Å². The number of hydrogen-bond donors (Lipinski definition) is 1. The molecule has 2 rings (SSSR count). The molecule has 0 bridgehead atoms. The second kappa shape index (κ2) is 5.82. The molecule has 1 heterocycles. The van der Waals surface area contributed by atoms with Crippen molar-refractivity contribution in [2.24, 2.45) is 0 Å². The Kier molecular flexibility index (Phi) is 3.93. The molecule has 102 valence electrons. The number of aromatic nitrogens is 2. The molecule has 0 radical (unpaired) electrons. The summed E-state index contributed by atoms with van der Waals surface area (Å²) in [6.45, 7) is 0. The summed E-state index contributed by atoms with van der Waals surface area (Å²) in [5.74, 6) is -0.103. The van der Waals surface area contributed by atoms with Crippen molar-refractivity contribution in [1.82, 2.24) is 9.97 Å². The molecule has 0 saturated carbocycles. The first kappa shape index (κ1) is 14.2. The van der Waals surface area contributed by atoms with E-state index in [9.17, 15) is 10.1 Å². The van der Waals surface area contributed by atoms with Crippen LogP contribution in [0.4, 0.5) is 17.2 Å². The van der Waals surface area contributed by atoms with Crippen molar-refractivity contribution in [2.75, 3.05) is 5.32 Å². The van der Waals surface area contributed by atoms with Crippen LogP contribution in [0.25, 0.3) is 0 Å². The van der Waals surface area contributed by atoms with Crippen LogP contribution in [0.5, 0.6) is 0 Å². The van der Waals surface area contributed by atoms with Gasteiger partial charge in [0.1, 0.15) is 18.5 Å². The largest absolute Gasteiger partial charge is 0.348 e. The lowest BCUT2D eigenvalue weighted by Gasteiger charge is -2.07. The number of nitrogens with one attached hydrogen (secondary N) is 1. The molecule has 0 unspecified atom stereocenters. The molecule has 8 nitrogen and oxygen atoms in total. The van der Waals surface area contributed by atoms with Crippen LogP contribution in [-0.2, 0) is 0 Å². The molecule has 1 aromatic carbocycles. The fraction of sp³-hybridized carbons (Fsp3) is 0. The van der Waals surface area contributed by atoms with E-state index in [-0.39, 0.29) is 22.1 Å². The Labute approximate surface area is 123 Å². The molecule has 0 aliphatic heterocycles. The van der Waals surface area contributed by atoms with Crippen LogP contribution in [0.1, 0.15) is 11.1 Å². The Morgan fingerprint density at radius 2 is 1.95 bits per heavy atom. The Bertz CT molecular complexity index is 808. The Morgan fingerprint density at radius 3 is 2.57 bits per heavy atom. The molecule has 0 aliphatic carbocycles. The minimum absolute atomic E-state index is 0.103. The molecule has 9 heteroatoms. The first-order valence-corrected chi connectivity index (χ1v) is 5.80. The van der Waals surface area contributed by atoms with Gasteiger partial charge in [0.15, 0.2) is 0 Å². The summed E-state index contributed by atoms with van der Waals surface area (Å²) in [7, 11) is 0. The van der Waals surface area contributed by atoms with E-state index in [1.54, 1.807) is 0 Å². The fourth-order valence-electron chi connectivity index (χ4n) is 1.56. The number of rotatable bonds is 3. The standard InChI is InChI=1S/C12H5ClN6O2/c13-11-10(19(20)21)12(17-6-16-11)18-9-2-1-7(4-14)8(3-9)5-15/h1-3,6H,(H,16,17,18). The SMILES string of the molecule is N#Cc1ccc(Nc2ncnc(Cl)c2[N+](=O)[O-])cc1C#N. The molecular formula is C12H5ClN6O2.